The molecule has 0 radical (unpaired) electrons. The number of aliphatic hydroxyl groups is 4. The molecule has 0 aliphatic rings. The summed E-state index contributed by atoms with van der Waals surface area (Å²) in [5, 5.41) is 34.1. The molecule has 0 aliphatic carbocycles. The Balaban J connectivity index is -0.000000273. The van der Waals surface area contributed by atoms with Crippen molar-refractivity contribution < 1.29 is 46.9 Å². The van der Waals surface area contributed by atoms with Crippen molar-refractivity contribution in [1.29, 1.82) is 0 Å². The van der Waals surface area contributed by atoms with E-state index in [1.54, 1.807) is 0 Å². The second-order valence-corrected chi connectivity index (χ2v) is 6.89. The predicted molar refractivity (Wildman–Crippen MR) is 82.5 cm³/mol. The van der Waals surface area contributed by atoms with Gasteiger partial charge in [0.15, 0.2) is 0 Å². The van der Waals surface area contributed by atoms with Crippen molar-refractivity contribution in [3.05, 3.63) is 0 Å². The molecule has 0 unspecified atom stereocenters. The number of nitrogens with zero attached hydrogens (tertiary/aromatic N) is 2. The molecule has 4 N–H and O–H groups in total. The first-order valence-corrected chi connectivity index (χ1v) is 8.32. The van der Waals surface area contributed by atoms with Crippen LogP contribution in [0.2, 0.25) is 0 Å². The predicted octanol–water partition coefficient (Wildman–Crippen LogP) is -3.24. The van der Waals surface area contributed by atoms with Gasteiger partial charge in [-0.15, -0.1) is 0 Å². The van der Waals surface area contributed by atoms with Crippen LogP contribution in [0.3, 0.4) is 0 Å². The van der Waals surface area contributed by atoms with E-state index in [1.807, 2.05) is 28.2 Å². The lowest BCUT2D eigenvalue weighted by atomic mass is 10.4. The molecule has 0 heterocycles. The first-order chi connectivity index (χ1) is 10.2. The number of likely N-dealkylation sites (N-methyl/N-ethyl adjacent to an activating group) is 2. The zero-order valence-corrected chi connectivity index (χ0v) is 15.2. The van der Waals surface area contributed by atoms with Gasteiger partial charge in [-0.3, -0.25) is 8.42 Å². The Morgan fingerprint density at radius 1 is 0.652 bits per heavy atom. The van der Waals surface area contributed by atoms with Crippen LogP contribution in [-0.4, -0.2) is 128 Å². The third kappa shape index (κ3) is 34.1. The smallest absolute Gasteiger partial charge is 0.102 e. The summed E-state index contributed by atoms with van der Waals surface area (Å²) in [5.74, 6) is 0. The molecule has 0 bridgehead atoms. The molecule has 0 spiro atoms. The fourth-order valence-corrected chi connectivity index (χ4v) is 1.31. The van der Waals surface area contributed by atoms with Crippen molar-refractivity contribution in [2.24, 2.45) is 0 Å². The highest BCUT2D eigenvalue weighted by Gasteiger charge is 2.12. The van der Waals surface area contributed by atoms with Crippen LogP contribution >= 0.6 is 0 Å². The van der Waals surface area contributed by atoms with Gasteiger partial charge < -0.3 is 38.5 Å². The van der Waals surface area contributed by atoms with Crippen LogP contribution in [0.1, 0.15) is 0 Å². The Morgan fingerprint density at radius 3 is 0.870 bits per heavy atom. The quantitative estimate of drug-likeness (QED) is 0.198. The van der Waals surface area contributed by atoms with Crippen LogP contribution in [0.25, 0.3) is 0 Å². The van der Waals surface area contributed by atoms with Gasteiger partial charge in [0.2, 0.25) is 0 Å². The average molecular weight is 364 g/mol. The molecule has 23 heavy (non-hydrogen) atoms. The summed E-state index contributed by atoms with van der Waals surface area (Å²) in [5.41, 5.74) is 0. The second-order valence-electron chi connectivity index (χ2n) is 6.07. The van der Waals surface area contributed by atoms with Crippen LogP contribution in [0.15, 0.2) is 0 Å². The number of hydrogen-bond donors (Lipinski definition) is 4. The molecule has 0 aromatic carbocycles. The van der Waals surface area contributed by atoms with E-state index in [-0.39, 0.29) is 26.4 Å². The third-order valence-electron chi connectivity index (χ3n) is 2.82. The van der Waals surface area contributed by atoms with Crippen molar-refractivity contribution in [3.63, 3.8) is 0 Å². The van der Waals surface area contributed by atoms with Gasteiger partial charge in [-0.1, -0.05) is 0 Å². The fourth-order valence-electron chi connectivity index (χ4n) is 1.31. The minimum atomic E-state index is -5.17. The van der Waals surface area contributed by atoms with E-state index in [0.29, 0.717) is 35.1 Å². The van der Waals surface area contributed by atoms with Gasteiger partial charge in [0.05, 0.1) is 54.6 Å². The zero-order valence-electron chi connectivity index (χ0n) is 14.4. The second kappa shape index (κ2) is 14.0. The number of hydrogen-bond acceptors (Lipinski definition) is 8. The van der Waals surface area contributed by atoms with E-state index in [9.17, 15) is 0 Å². The molecular weight excluding hydrogens is 332 g/mol. The maximum Gasteiger partial charge on any atom is 0.102 e. The average Bonchev–Trinajstić information content (AvgIpc) is 2.26. The third-order valence-corrected chi connectivity index (χ3v) is 2.82. The normalized spacial score (nSPS) is 11.9. The van der Waals surface area contributed by atoms with E-state index >= 15 is 0 Å². The molecular formula is C12H32N2O8S. The van der Waals surface area contributed by atoms with E-state index in [4.69, 9.17) is 37.9 Å². The molecule has 0 saturated carbocycles. The number of rotatable bonds is 8. The largest absolute Gasteiger partial charge is 0.759 e. The summed E-state index contributed by atoms with van der Waals surface area (Å²) in [6.45, 7) is 3.59. The molecule has 11 heteroatoms. The summed E-state index contributed by atoms with van der Waals surface area (Å²) in [4.78, 5) is 0. The molecule has 0 aromatic heterocycles. The highest BCUT2D eigenvalue weighted by molar-refractivity contribution is 7.79. The van der Waals surface area contributed by atoms with Crippen molar-refractivity contribution in [1.82, 2.24) is 0 Å². The fraction of sp³-hybridized carbons (Fsp3) is 1.00. The van der Waals surface area contributed by atoms with Gasteiger partial charge >= 0.3 is 0 Å². The Morgan fingerprint density at radius 2 is 0.783 bits per heavy atom. The van der Waals surface area contributed by atoms with Crippen LogP contribution in [0.5, 0.6) is 0 Å². The number of aliphatic hydroxyl groups excluding tert-OH is 4. The van der Waals surface area contributed by atoms with E-state index in [1.165, 1.54) is 0 Å². The summed E-state index contributed by atoms with van der Waals surface area (Å²) < 4.78 is 35.5. The van der Waals surface area contributed by atoms with Gasteiger partial charge in [-0.2, -0.15) is 0 Å². The summed E-state index contributed by atoms with van der Waals surface area (Å²) in [6.07, 6.45) is 0. The summed E-state index contributed by atoms with van der Waals surface area (Å²) in [6, 6.07) is 0. The van der Waals surface area contributed by atoms with Gasteiger partial charge in [-0.05, 0) is 0 Å². The lowest BCUT2D eigenvalue weighted by molar-refractivity contribution is -0.890. The molecule has 0 aliphatic heterocycles. The molecule has 0 rings (SSSR count). The van der Waals surface area contributed by atoms with E-state index in [2.05, 4.69) is 0 Å². The Labute approximate surface area is 139 Å². The summed E-state index contributed by atoms with van der Waals surface area (Å²) >= 11 is 0. The van der Waals surface area contributed by atoms with Crippen LogP contribution in [-0.2, 0) is 10.4 Å². The van der Waals surface area contributed by atoms with Gasteiger partial charge in [0, 0.05) is 10.4 Å². The molecule has 10 nitrogen and oxygen atoms in total. The maximum atomic E-state index is 8.53. The van der Waals surface area contributed by atoms with Crippen molar-refractivity contribution in [3.8, 4) is 0 Å². The Hall–Kier alpha value is -0.370. The molecule has 144 valence electrons. The highest BCUT2D eigenvalue weighted by atomic mass is 32.3. The van der Waals surface area contributed by atoms with E-state index in [0.717, 1.165) is 0 Å². The Bertz CT molecular complexity index is 316. The standard InChI is InChI=1S/2C6H16NO2.H2O4S/c2*1-7(2,3-5-8)4-6-9;1-5(2,3)4/h2*8-9H,3-6H2,1-2H3;(H2,1,2,3,4)/q2*+1;/p-2. The molecule has 0 fully saturated rings. The minimum Gasteiger partial charge on any atom is -0.759 e. The van der Waals surface area contributed by atoms with Crippen molar-refractivity contribution in [2.75, 3.05) is 80.8 Å². The first kappa shape index (κ1) is 27.5. The first-order valence-electron chi connectivity index (χ1n) is 6.99. The Kier molecular flexibility index (Phi) is 16.7. The molecule has 0 amide bonds. The topological polar surface area (TPSA) is 161 Å². The van der Waals surface area contributed by atoms with Crippen molar-refractivity contribution in [2.45, 2.75) is 0 Å². The highest BCUT2D eigenvalue weighted by Crippen LogP contribution is 1.93. The monoisotopic (exact) mass is 364 g/mol. The van der Waals surface area contributed by atoms with Gasteiger partial charge in [0.1, 0.15) is 26.2 Å². The SMILES string of the molecule is C[N+](C)(CCO)CCO.C[N+](C)(CCO)CCO.O=S(=O)([O-])[O-]. The summed E-state index contributed by atoms with van der Waals surface area (Å²) in [7, 11) is 2.75. The van der Waals surface area contributed by atoms with Crippen LogP contribution in [0.4, 0.5) is 0 Å². The van der Waals surface area contributed by atoms with Gasteiger partial charge in [0.25, 0.3) is 0 Å². The van der Waals surface area contributed by atoms with Crippen LogP contribution < -0.4 is 0 Å². The molecule has 0 saturated heterocycles. The lowest BCUT2D eigenvalue weighted by Crippen LogP contribution is -2.43. The minimum absolute atomic E-state index is 0.188. The molecule has 0 atom stereocenters. The van der Waals surface area contributed by atoms with Crippen LogP contribution in [0, 0.1) is 0 Å². The maximum absolute atomic E-state index is 8.53. The zero-order chi connectivity index (χ0) is 19.2. The van der Waals surface area contributed by atoms with Crippen molar-refractivity contribution >= 4 is 10.4 Å². The molecule has 0 aromatic rings. The van der Waals surface area contributed by atoms with Gasteiger partial charge in [-0.25, -0.2) is 0 Å². The lowest BCUT2D eigenvalue weighted by Gasteiger charge is -2.27. The van der Waals surface area contributed by atoms with E-state index < -0.39 is 10.4 Å². The number of quaternary nitrogens is 2.